The minimum Gasteiger partial charge on any atom is -0.372 e. The summed E-state index contributed by atoms with van der Waals surface area (Å²) in [5.74, 6) is 0.109. The van der Waals surface area contributed by atoms with Crippen molar-refractivity contribution in [2.75, 3.05) is 31.1 Å². The summed E-state index contributed by atoms with van der Waals surface area (Å²) in [6.07, 6.45) is 7.54. The highest BCUT2D eigenvalue weighted by Crippen LogP contribution is 2.25. The average molecular weight is 392 g/mol. The predicted octanol–water partition coefficient (Wildman–Crippen LogP) is 4.52. The fraction of sp³-hybridized carbons (Fsp3) is 0.480. The van der Waals surface area contributed by atoms with Crippen LogP contribution in [0.15, 0.2) is 54.6 Å². The number of benzene rings is 2. The average Bonchev–Trinajstić information content (AvgIpc) is 2.80. The molecule has 1 amide bonds. The Morgan fingerprint density at radius 1 is 0.793 bits per heavy atom. The molecule has 2 saturated heterocycles. The van der Waals surface area contributed by atoms with E-state index in [9.17, 15) is 4.79 Å². The minimum atomic E-state index is -0.191. The molecule has 0 bridgehead atoms. The second-order valence-corrected chi connectivity index (χ2v) is 8.34. The number of rotatable bonds is 6. The van der Waals surface area contributed by atoms with Crippen LogP contribution in [0.3, 0.4) is 0 Å². The van der Waals surface area contributed by atoms with Crippen LogP contribution in [0.5, 0.6) is 0 Å². The molecule has 1 N–H and O–H groups in total. The molecule has 2 aliphatic rings. The van der Waals surface area contributed by atoms with Crippen molar-refractivity contribution in [1.82, 2.24) is 10.2 Å². The van der Waals surface area contributed by atoms with E-state index in [1.807, 2.05) is 18.2 Å². The van der Waals surface area contributed by atoms with Crippen molar-refractivity contribution in [2.24, 2.45) is 0 Å². The van der Waals surface area contributed by atoms with Crippen molar-refractivity contribution in [3.8, 4) is 0 Å². The molecule has 4 nitrogen and oxygen atoms in total. The molecule has 2 fully saturated rings. The Hall–Kier alpha value is -2.33. The minimum absolute atomic E-state index is 0.109. The number of nitrogens with one attached hydrogen (secondary N) is 1. The van der Waals surface area contributed by atoms with E-state index in [4.69, 9.17) is 0 Å². The Morgan fingerprint density at radius 2 is 1.41 bits per heavy atom. The highest BCUT2D eigenvalue weighted by molar-refractivity contribution is 5.83. The van der Waals surface area contributed by atoms with Gasteiger partial charge in [0, 0.05) is 25.3 Å². The third-order valence-corrected chi connectivity index (χ3v) is 6.24. The molecular weight excluding hydrogens is 358 g/mol. The summed E-state index contributed by atoms with van der Waals surface area (Å²) in [5, 5.41) is 3.20. The second-order valence-electron chi connectivity index (χ2n) is 8.34. The summed E-state index contributed by atoms with van der Waals surface area (Å²) in [7, 11) is 0. The van der Waals surface area contributed by atoms with Crippen molar-refractivity contribution in [3.63, 3.8) is 0 Å². The molecule has 0 radical (unpaired) electrons. The van der Waals surface area contributed by atoms with Gasteiger partial charge in [0.1, 0.15) is 6.04 Å². The third-order valence-electron chi connectivity index (χ3n) is 6.24. The number of carbonyl (C=O) groups is 1. The van der Waals surface area contributed by atoms with Gasteiger partial charge in [-0.15, -0.1) is 0 Å². The van der Waals surface area contributed by atoms with Crippen molar-refractivity contribution >= 4 is 11.6 Å². The first-order valence-corrected chi connectivity index (χ1v) is 11.2. The lowest BCUT2D eigenvalue weighted by molar-refractivity contribution is -0.127. The summed E-state index contributed by atoms with van der Waals surface area (Å²) < 4.78 is 0. The van der Waals surface area contributed by atoms with Crippen LogP contribution < -0.4 is 10.2 Å². The zero-order valence-electron chi connectivity index (χ0n) is 17.4. The van der Waals surface area contributed by atoms with Gasteiger partial charge in [0.25, 0.3) is 0 Å². The van der Waals surface area contributed by atoms with Crippen LogP contribution in [0, 0.1) is 0 Å². The molecule has 2 aromatic carbocycles. The first-order chi connectivity index (χ1) is 14.3. The Kier molecular flexibility index (Phi) is 6.83. The van der Waals surface area contributed by atoms with Crippen LogP contribution >= 0.6 is 0 Å². The molecule has 0 aromatic heterocycles. The molecule has 2 heterocycles. The Bertz CT molecular complexity index is 762. The zero-order chi connectivity index (χ0) is 19.9. The molecule has 4 heteroatoms. The standard InChI is InChI=1S/C25H33N3O/c29-25(24(22-10-4-1-5-11-22)28-18-8-3-9-19-28)26-20-21-12-14-23(15-13-21)27-16-6-2-7-17-27/h1,4-5,10-15,24H,2-3,6-9,16-20H2,(H,26,29)/t24-/m1/s1. The van der Waals surface area contributed by atoms with E-state index >= 15 is 0 Å². The molecule has 2 aromatic rings. The largest absolute Gasteiger partial charge is 0.372 e. The molecule has 4 rings (SSSR count). The van der Waals surface area contributed by atoms with Gasteiger partial charge >= 0.3 is 0 Å². The first kappa shape index (κ1) is 20.0. The van der Waals surface area contributed by atoms with Gasteiger partial charge in [0.05, 0.1) is 0 Å². The normalized spacial score (nSPS) is 19.0. The highest BCUT2D eigenvalue weighted by Gasteiger charge is 2.28. The fourth-order valence-corrected chi connectivity index (χ4v) is 4.60. The van der Waals surface area contributed by atoms with E-state index in [-0.39, 0.29) is 11.9 Å². The van der Waals surface area contributed by atoms with E-state index in [1.165, 1.54) is 44.2 Å². The molecule has 0 aliphatic carbocycles. The number of carbonyl (C=O) groups excluding carboxylic acids is 1. The van der Waals surface area contributed by atoms with Crippen LogP contribution in [0.1, 0.15) is 55.7 Å². The molecule has 0 spiro atoms. The zero-order valence-corrected chi connectivity index (χ0v) is 17.4. The highest BCUT2D eigenvalue weighted by atomic mass is 16.2. The molecule has 29 heavy (non-hydrogen) atoms. The Balaban J connectivity index is 1.39. The lowest BCUT2D eigenvalue weighted by Crippen LogP contribution is -2.42. The summed E-state index contributed by atoms with van der Waals surface area (Å²) in [4.78, 5) is 18.0. The van der Waals surface area contributed by atoms with E-state index in [0.717, 1.165) is 37.3 Å². The van der Waals surface area contributed by atoms with Crippen LogP contribution in [0.25, 0.3) is 0 Å². The van der Waals surface area contributed by atoms with Gasteiger partial charge < -0.3 is 10.2 Å². The molecule has 1 atom stereocenters. The van der Waals surface area contributed by atoms with Crippen LogP contribution in [0.2, 0.25) is 0 Å². The smallest absolute Gasteiger partial charge is 0.242 e. The molecule has 2 aliphatic heterocycles. The number of amides is 1. The maximum atomic E-state index is 13.2. The Labute approximate surface area is 174 Å². The van der Waals surface area contributed by atoms with Crippen molar-refractivity contribution in [2.45, 2.75) is 51.1 Å². The van der Waals surface area contributed by atoms with Gasteiger partial charge in [0.2, 0.25) is 5.91 Å². The SMILES string of the molecule is O=C(NCc1ccc(N2CCCCC2)cc1)[C@@H](c1ccccc1)N1CCCCC1. The van der Waals surface area contributed by atoms with Crippen LogP contribution in [-0.4, -0.2) is 37.0 Å². The lowest BCUT2D eigenvalue weighted by atomic mass is 10.0. The number of hydrogen-bond acceptors (Lipinski definition) is 3. The van der Waals surface area contributed by atoms with Crippen molar-refractivity contribution < 1.29 is 4.79 Å². The maximum Gasteiger partial charge on any atom is 0.242 e. The summed E-state index contributed by atoms with van der Waals surface area (Å²) in [6, 6.07) is 18.7. The lowest BCUT2D eigenvalue weighted by Gasteiger charge is -2.34. The molecule has 0 unspecified atom stereocenters. The summed E-state index contributed by atoms with van der Waals surface area (Å²) in [5.41, 5.74) is 3.55. The predicted molar refractivity (Wildman–Crippen MR) is 119 cm³/mol. The molecular formula is C25H33N3O. The third kappa shape index (κ3) is 5.18. The van der Waals surface area contributed by atoms with E-state index < -0.39 is 0 Å². The van der Waals surface area contributed by atoms with Gasteiger partial charge in [-0.05, 0) is 68.5 Å². The van der Waals surface area contributed by atoms with Crippen molar-refractivity contribution in [1.29, 1.82) is 0 Å². The summed E-state index contributed by atoms with van der Waals surface area (Å²) >= 11 is 0. The van der Waals surface area contributed by atoms with Gasteiger partial charge in [-0.1, -0.05) is 48.9 Å². The maximum absolute atomic E-state index is 13.2. The molecule has 154 valence electrons. The number of nitrogens with zero attached hydrogens (tertiary/aromatic N) is 2. The number of anilines is 1. The van der Waals surface area contributed by atoms with E-state index in [2.05, 4.69) is 51.5 Å². The van der Waals surface area contributed by atoms with E-state index in [0.29, 0.717) is 6.54 Å². The monoisotopic (exact) mass is 391 g/mol. The summed E-state index contributed by atoms with van der Waals surface area (Å²) in [6.45, 7) is 4.89. The van der Waals surface area contributed by atoms with Gasteiger partial charge in [-0.3, -0.25) is 9.69 Å². The second kappa shape index (κ2) is 9.93. The number of piperidine rings is 2. The topological polar surface area (TPSA) is 35.6 Å². The van der Waals surface area contributed by atoms with Crippen molar-refractivity contribution in [3.05, 3.63) is 65.7 Å². The van der Waals surface area contributed by atoms with Crippen LogP contribution in [-0.2, 0) is 11.3 Å². The fourth-order valence-electron chi connectivity index (χ4n) is 4.60. The van der Waals surface area contributed by atoms with Gasteiger partial charge in [0.15, 0.2) is 0 Å². The van der Waals surface area contributed by atoms with E-state index in [1.54, 1.807) is 0 Å². The number of likely N-dealkylation sites (tertiary alicyclic amines) is 1. The van der Waals surface area contributed by atoms with Gasteiger partial charge in [-0.25, -0.2) is 0 Å². The molecule has 0 saturated carbocycles. The quantitative estimate of drug-likeness (QED) is 0.786. The first-order valence-electron chi connectivity index (χ1n) is 11.2. The van der Waals surface area contributed by atoms with Crippen LogP contribution in [0.4, 0.5) is 5.69 Å². The Morgan fingerprint density at radius 3 is 2.07 bits per heavy atom. The van der Waals surface area contributed by atoms with Gasteiger partial charge in [-0.2, -0.15) is 0 Å². The number of hydrogen-bond donors (Lipinski definition) is 1.